The fourth-order valence-corrected chi connectivity index (χ4v) is 1.22. The molecule has 0 saturated carbocycles. The van der Waals surface area contributed by atoms with Crippen LogP contribution in [0.2, 0.25) is 0 Å². The van der Waals surface area contributed by atoms with E-state index in [9.17, 15) is 4.79 Å². The molecule has 2 atom stereocenters. The first-order chi connectivity index (χ1) is 4.18. The first kappa shape index (κ1) is 6.83. The Balaban J connectivity index is 2.43. The molecule has 1 aliphatic heterocycles. The highest BCUT2D eigenvalue weighted by atomic mass is 35.5. The van der Waals surface area contributed by atoms with E-state index in [2.05, 4.69) is 5.32 Å². The molecule has 1 rings (SSSR count). The van der Waals surface area contributed by atoms with Crippen LogP contribution in [0, 0.1) is 0 Å². The predicted molar refractivity (Wildman–Crippen MR) is 35.0 cm³/mol. The number of hydrogen-bond acceptors (Lipinski definition) is 2. The number of hydrogen-bond donors (Lipinski definition) is 2. The summed E-state index contributed by atoms with van der Waals surface area (Å²) in [5, 5.41) is 2.49. The van der Waals surface area contributed by atoms with E-state index in [4.69, 9.17) is 17.3 Å². The molecule has 1 amide bonds. The first-order valence-corrected chi connectivity index (χ1v) is 3.31. The van der Waals surface area contributed by atoms with Crippen LogP contribution in [0.4, 0.5) is 0 Å². The number of piperidine rings is 1. The van der Waals surface area contributed by atoms with Crippen LogP contribution in [-0.4, -0.2) is 17.5 Å². The normalized spacial score (nSPS) is 36.0. The van der Waals surface area contributed by atoms with E-state index in [1.54, 1.807) is 0 Å². The Bertz CT molecular complexity index is 116. The zero-order chi connectivity index (χ0) is 6.85. The first-order valence-electron chi connectivity index (χ1n) is 2.87. The van der Waals surface area contributed by atoms with Crippen LogP contribution in [0.15, 0.2) is 0 Å². The van der Waals surface area contributed by atoms with E-state index in [0.29, 0.717) is 12.8 Å². The van der Waals surface area contributed by atoms with Crippen molar-refractivity contribution in [2.24, 2.45) is 5.73 Å². The topological polar surface area (TPSA) is 55.1 Å². The molecule has 1 saturated heterocycles. The van der Waals surface area contributed by atoms with Crippen molar-refractivity contribution in [1.82, 2.24) is 5.32 Å². The largest absolute Gasteiger partial charge is 0.341 e. The maximum absolute atomic E-state index is 10.6. The lowest BCUT2D eigenvalue weighted by Crippen LogP contribution is -2.48. The van der Waals surface area contributed by atoms with Crippen molar-refractivity contribution < 1.29 is 4.79 Å². The fraction of sp³-hybridized carbons (Fsp3) is 0.800. The van der Waals surface area contributed by atoms with Gasteiger partial charge in [0, 0.05) is 11.8 Å². The average molecular weight is 149 g/mol. The zero-order valence-electron chi connectivity index (χ0n) is 4.93. The number of rotatable bonds is 0. The molecule has 0 aromatic rings. The van der Waals surface area contributed by atoms with Crippen molar-refractivity contribution >= 4 is 17.5 Å². The van der Waals surface area contributed by atoms with E-state index in [0.717, 1.165) is 0 Å². The van der Waals surface area contributed by atoms with E-state index < -0.39 is 0 Å². The SMILES string of the molecule is NC1CC(Cl)CC(=O)N1. The third-order valence-corrected chi connectivity index (χ3v) is 1.60. The maximum Gasteiger partial charge on any atom is 0.222 e. The van der Waals surface area contributed by atoms with Gasteiger partial charge in [0.05, 0.1) is 6.17 Å². The summed E-state index contributed by atoms with van der Waals surface area (Å²) in [6, 6.07) is 0. The number of nitrogens with two attached hydrogens (primary N) is 1. The molecule has 3 nitrogen and oxygen atoms in total. The van der Waals surface area contributed by atoms with Crippen molar-refractivity contribution in [3.05, 3.63) is 0 Å². The predicted octanol–water partition coefficient (Wildman–Crippen LogP) is -0.211. The molecule has 1 heterocycles. The molecular formula is C5H9ClN2O. The maximum atomic E-state index is 10.6. The van der Waals surface area contributed by atoms with E-state index in [-0.39, 0.29) is 17.5 Å². The third kappa shape index (κ3) is 1.84. The summed E-state index contributed by atoms with van der Waals surface area (Å²) in [5.41, 5.74) is 5.40. The number of halogens is 1. The molecule has 0 aromatic heterocycles. The van der Waals surface area contributed by atoms with Gasteiger partial charge in [-0.2, -0.15) is 0 Å². The van der Waals surface area contributed by atoms with Gasteiger partial charge in [0.2, 0.25) is 5.91 Å². The van der Waals surface area contributed by atoms with Crippen LogP contribution >= 0.6 is 11.6 Å². The fourth-order valence-electron chi connectivity index (χ4n) is 0.885. The van der Waals surface area contributed by atoms with Gasteiger partial charge in [-0.15, -0.1) is 11.6 Å². The van der Waals surface area contributed by atoms with Crippen molar-refractivity contribution in [3.8, 4) is 0 Å². The molecule has 1 aliphatic rings. The molecule has 0 aromatic carbocycles. The second-order valence-electron chi connectivity index (χ2n) is 2.21. The molecular weight excluding hydrogens is 140 g/mol. The van der Waals surface area contributed by atoms with Gasteiger partial charge in [-0.05, 0) is 6.42 Å². The summed E-state index contributed by atoms with van der Waals surface area (Å²) in [5.74, 6) is -0.0475. The van der Waals surface area contributed by atoms with Crippen LogP contribution < -0.4 is 11.1 Å². The molecule has 4 heteroatoms. The Morgan fingerprint density at radius 2 is 2.44 bits per heavy atom. The Morgan fingerprint density at radius 1 is 1.78 bits per heavy atom. The number of alkyl halides is 1. The summed E-state index contributed by atoms with van der Waals surface area (Å²) < 4.78 is 0. The van der Waals surface area contributed by atoms with E-state index in [1.165, 1.54) is 0 Å². The lowest BCUT2D eigenvalue weighted by atomic mass is 10.1. The Labute approximate surface area is 58.5 Å². The molecule has 52 valence electrons. The van der Waals surface area contributed by atoms with Crippen LogP contribution in [0.5, 0.6) is 0 Å². The number of carbonyl (C=O) groups excluding carboxylic acids is 1. The molecule has 0 bridgehead atoms. The van der Waals surface area contributed by atoms with Gasteiger partial charge in [-0.3, -0.25) is 4.79 Å². The number of nitrogens with one attached hydrogen (secondary N) is 1. The quantitative estimate of drug-likeness (QED) is 0.467. The van der Waals surface area contributed by atoms with Crippen LogP contribution in [0.3, 0.4) is 0 Å². The van der Waals surface area contributed by atoms with E-state index >= 15 is 0 Å². The van der Waals surface area contributed by atoms with Gasteiger partial charge in [-0.25, -0.2) is 0 Å². The second-order valence-corrected chi connectivity index (χ2v) is 2.83. The smallest absolute Gasteiger partial charge is 0.222 e. The van der Waals surface area contributed by atoms with Gasteiger partial charge in [0.25, 0.3) is 0 Å². The molecule has 9 heavy (non-hydrogen) atoms. The van der Waals surface area contributed by atoms with Gasteiger partial charge in [-0.1, -0.05) is 0 Å². The highest BCUT2D eigenvalue weighted by molar-refractivity contribution is 6.22. The van der Waals surface area contributed by atoms with Gasteiger partial charge >= 0.3 is 0 Å². The molecule has 3 N–H and O–H groups in total. The van der Waals surface area contributed by atoms with Crippen molar-refractivity contribution in [2.45, 2.75) is 24.4 Å². The van der Waals surface area contributed by atoms with Crippen LogP contribution in [0.25, 0.3) is 0 Å². The Hall–Kier alpha value is -0.280. The van der Waals surface area contributed by atoms with E-state index in [1.807, 2.05) is 0 Å². The molecule has 0 radical (unpaired) electrons. The highest BCUT2D eigenvalue weighted by Crippen LogP contribution is 2.12. The molecule has 2 unspecified atom stereocenters. The minimum Gasteiger partial charge on any atom is -0.341 e. The summed E-state index contributed by atoms with van der Waals surface area (Å²) in [6.07, 6.45) is 0.830. The molecule has 0 aliphatic carbocycles. The van der Waals surface area contributed by atoms with Crippen molar-refractivity contribution in [2.75, 3.05) is 0 Å². The monoisotopic (exact) mass is 148 g/mol. The van der Waals surface area contributed by atoms with Crippen molar-refractivity contribution in [1.29, 1.82) is 0 Å². The number of carbonyl (C=O) groups is 1. The summed E-state index contributed by atoms with van der Waals surface area (Å²) in [4.78, 5) is 10.6. The summed E-state index contributed by atoms with van der Waals surface area (Å²) in [7, 11) is 0. The van der Waals surface area contributed by atoms with Crippen molar-refractivity contribution in [3.63, 3.8) is 0 Å². The Kier molecular flexibility index (Phi) is 1.93. The summed E-state index contributed by atoms with van der Waals surface area (Å²) in [6.45, 7) is 0. The van der Waals surface area contributed by atoms with Gasteiger partial charge < -0.3 is 11.1 Å². The van der Waals surface area contributed by atoms with Crippen LogP contribution in [-0.2, 0) is 4.79 Å². The lowest BCUT2D eigenvalue weighted by Gasteiger charge is -2.22. The third-order valence-electron chi connectivity index (χ3n) is 1.26. The zero-order valence-corrected chi connectivity index (χ0v) is 5.69. The molecule has 0 spiro atoms. The summed E-state index contributed by atoms with van der Waals surface area (Å²) >= 11 is 5.67. The lowest BCUT2D eigenvalue weighted by molar-refractivity contribution is -0.123. The minimum absolute atomic E-state index is 0.0475. The molecule has 1 fully saturated rings. The highest BCUT2D eigenvalue weighted by Gasteiger charge is 2.21. The Morgan fingerprint density at radius 3 is 2.89 bits per heavy atom. The minimum atomic E-state index is -0.242. The number of amides is 1. The van der Waals surface area contributed by atoms with Crippen LogP contribution in [0.1, 0.15) is 12.8 Å². The average Bonchev–Trinajstić information content (AvgIpc) is 1.59. The van der Waals surface area contributed by atoms with Gasteiger partial charge in [0.1, 0.15) is 0 Å². The second kappa shape index (κ2) is 2.54. The standard InChI is InChI=1S/C5H9ClN2O/c6-3-1-4(7)8-5(9)2-3/h3-4H,1-2,7H2,(H,8,9). The van der Waals surface area contributed by atoms with Gasteiger partial charge in [0.15, 0.2) is 0 Å².